The Morgan fingerprint density at radius 1 is 0.600 bits per heavy atom. The highest BCUT2D eigenvalue weighted by atomic mass is 16.5. The SMILES string of the molecule is CCCCCCCCC(COC)C(CCCC)COC. The second kappa shape index (κ2) is 15.3. The van der Waals surface area contributed by atoms with E-state index in [1.807, 2.05) is 14.2 Å². The zero-order chi connectivity index (χ0) is 15.1. The molecule has 2 atom stereocenters. The van der Waals surface area contributed by atoms with Gasteiger partial charge in [0.2, 0.25) is 0 Å². The van der Waals surface area contributed by atoms with E-state index in [9.17, 15) is 0 Å². The summed E-state index contributed by atoms with van der Waals surface area (Å²) in [6, 6.07) is 0. The van der Waals surface area contributed by atoms with Crippen LogP contribution in [-0.4, -0.2) is 27.4 Å². The minimum absolute atomic E-state index is 0.676. The minimum atomic E-state index is 0.676. The van der Waals surface area contributed by atoms with Crippen LogP contribution >= 0.6 is 0 Å². The molecule has 0 bridgehead atoms. The normalized spacial score (nSPS) is 14.4. The first-order valence-electron chi connectivity index (χ1n) is 8.77. The van der Waals surface area contributed by atoms with Gasteiger partial charge in [-0.1, -0.05) is 65.2 Å². The minimum Gasteiger partial charge on any atom is -0.384 e. The standard InChI is InChI=1S/C18H38O2/c1-5-7-9-10-11-12-14-18(16-20-4)17(15-19-3)13-8-6-2/h17-18H,5-16H2,1-4H3. The van der Waals surface area contributed by atoms with E-state index in [4.69, 9.17) is 9.47 Å². The van der Waals surface area contributed by atoms with Gasteiger partial charge in [0.15, 0.2) is 0 Å². The van der Waals surface area contributed by atoms with Crippen molar-refractivity contribution in [2.45, 2.75) is 78.1 Å². The summed E-state index contributed by atoms with van der Waals surface area (Å²) in [6.07, 6.45) is 13.4. The Bertz CT molecular complexity index is 182. The van der Waals surface area contributed by atoms with Crippen molar-refractivity contribution in [3.8, 4) is 0 Å². The van der Waals surface area contributed by atoms with Crippen LogP contribution in [0.25, 0.3) is 0 Å². The Balaban J connectivity index is 4.01. The molecule has 0 aliphatic heterocycles. The molecule has 0 aliphatic carbocycles. The summed E-state index contributed by atoms with van der Waals surface area (Å²) in [5.41, 5.74) is 0. The molecule has 0 saturated carbocycles. The number of hydrogen-bond acceptors (Lipinski definition) is 2. The highest BCUT2D eigenvalue weighted by Gasteiger charge is 2.20. The molecule has 2 heteroatoms. The highest BCUT2D eigenvalue weighted by Crippen LogP contribution is 2.25. The maximum atomic E-state index is 5.45. The summed E-state index contributed by atoms with van der Waals surface area (Å²) in [6.45, 7) is 6.33. The lowest BCUT2D eigenvalue weighted by Crippen LogP contribution is -2.24. The average Bonchev–Trinajstić information content (AvgIpc) is 2.46. The van der Waals surface area contributed by atoms with Crippen LogP contribution in [0, 0.1) is 11.8 Å². The topological polar surface area (TPSA) is 18.5 Å². The van der Waals surface area contributed by atoms with E-state index < -0.39 is 0 Å². The summed E-state index contributed by atoms with van der Waals surface area (Å²) in [7, 11) is 3.66. The van der Waals surface area contributed by atoms with Crippen molar-refractivity contribution in [1.82, 2.24) is 0 Å². The molecule has 0 rings (SSSR count). The Kier molecular flexibility index (Phi) is 15.3. The van der Waals surface area contributed by atoms with Gasteiger partial charge >= 0.3 is 0 Å². The van der Waals surface area contributed by atoms with Crippen LogP contribution in [0.1, 0.15) is 78.1 Å². The third-order valence-corrected chi connectivity index (χ3v) is 4.29. The zero-order valence-corrected chi connectivity index (χ0v) is 14.5. The predicted molar refractivity (Wildman–Crippen MR) is 88.3 cm³/mol. The molecule has 0 spiro atoms. The van der Waals surface area contributed by atoms with Crippen molar-refractivity contribution < 1.29 is 9.47 Å². The molecule has 0 N–H and O–H groups in total. The van der Waals surface area contributed by atoms with Crippen molar-refractivity contribution >= 4 is 0 Å². The molecule has 0 aliphatic rings. The van der Waals surface area contributed by atoms with Crippen LogP contribution in [0.2, 0.25) is 0 Å². The molecule has 20 heavy (non-hydrogen) atoms. The van der Waals surface area contributed by atoms with E-state index in [2.05, 4.69) is 13.8 Å². The molecular formula is C18H38O2. The number of ether oxygens (including phenoxy) is 2. The third-order valence-electron chi connectivity index (χ3n) is 4.29. The Morgan fingerprint density at radius 3 is 1.55 bits per heavy atom. The fourth-order valence-corrected chi connectivity index (χ4v) is 2.99. The van der Waals surface area contributed by atoms with Gasteiger partial charge in [0, 0.05) is 27.4 Å². The van der Waals surface area contributed by atoms with Gasteiger partial charge in [0.05, 0.1) is 0 Å². The molecule has 0 aromatic carbocycles. The summed E-state index contributed by atoms with van der Waals surface area (Å²) in [4.78, 5) is 0. The molecule has 0 fully saturated rings. The van der Waals surface area contributed by atoms with Crippen molar-refractivity contribution in [2.24, 2.45) is 11.8 Å². The first-order chi connectivity index (χ1) is 9.79. The van der Waals surface area contributed by atoms with Crippen LogP contribution in [-0.2, 0) is 9.47 Å². The van der Waals surface area contributed by atoms with Crippen molar-refractivity contribution in [3.05, 3.63) is 0 Å². The van der Waals surface area contributed by atoms with Gasteiger partial charge in [-0.2, -0.15) is 0 Å². The van der Waals surface area contributed by atoms with Gasteiger partial charge in [-0.3, -0.25) is 0 Å². The molecule has 0 amide bonds. The lowest BCUT2D eigenvalue weighted by atomic mass is 9.85. The van der Waals surface area contributed by atoms with Crippen molar-refractivity contribution in [1.29, 1.82) is 0 Å². The van der Waals surface area contributed by atoms with E-state index in [-0.39, 0.29) is 0 Å². The molecule has 0 aromatic heterocycles. The van der Waals surface area contributed by atoms with Crippen LogP contribution in [0.15, 0.2) is 0 Å². The first-order valence-corrected chi connectivity index (χ1v) is 8.77. The molecule has 0 saturated heterocycles. The van der Waals surface area contributed by atoms with Gasteiger partial charge in [-0.15, -0.1) is 0 Å². The lowest BCUT2D eigenvalue weighted by Gasteiger charge is -2.26. The maximum Gasteiger partial charge on any atom is 0.0493 e. The van der Waals surface area contributed by atoms with Gasteiger partial charge in [-0.25, -0.2) is 0 Å². The monoisotopic (exact) mass is 286 g/mol. The largest absolute Gasteiger partial charge is 0.384 e. The number of hydrogen-bond donors (Lipinski definition) is 0. The lowest BCUT2D eigenvalue weighted by molar-refractivity contribution is 0.0595. The van der Waals surface area contributed by atoms with E-state index in [1.54, 1.807) is 0 Å². The number of methoxy groups -OCH3 is 2. The van der Waals surface area contributed by atoms with E-state index in [1.165, 1.54) is 64.2 Å². The summed E-state index contributed by atoms with van der Waals surface area (Å²) < 4.78 is 10.9. The average molecular weight is 286 g/mol. The smallest absolute Gasteiger partial charge is 0.0493 e. The summed E-state index contributed by atoms with van der Waals surface area (Å²) >= 11 is 0. The second-order valence-electron chi connectivity index (χ2n) is 6.13. The summed E-state index contributed by atoms with van der Waals surface area (Å²) in [5, 5.41) is 0. The maximum absolute atomic E-state index is 5.45. The van der Waals surface area contributed by atoms with Crippen LogP contribution < -0.4 is 0 Å². The number of unbranched alkanes of at least 4 members (excludes halogenated alkanes) is 6. The molecule has 0 aromatic rings. The zero-order valence-electron chi connectivity index (χ0n) is 14.5. The van der Waals surface area contributed by atoms with Crippen LogP contribution in [0.4, 0.5) is 0 Å². The quantitative estimate of drug-likeness (QED) is 0.373. The Labute approximate surface area is 127 Å². The highest BCUT2D eigenvalue weighted by molar-refractivity contribution is 4.70. The number of rotatable bonds is 15. The Hall–Kier alpha value is -0.0800. The van der Waals surface area contributed by atoms with E-state index in [0.29, 0.717) is 11.8 Å². The van der Waals surface area contributed by atoms with Gasteiger partial charge < -0.3 is 9.47 Å². The van der Waals surface area contributed by atoms with Gasteiger partial charge in [-0.05, 0) is 24.7 Å². The molecular weight excluding hydrogens is 248 g/mol. The Morgan fingerprint density at radius 2 is 1.05 bits per heavy atom. The molecule has 2 unspecified atom stereocenters. The van der Waals surface area contributed by atoms with Gasteiger partial charge in [0.25, 0.3) is 0 Å². The molecule has 122 valence electrons. The second-order valence-corrected chi connectivity index (χ2v) is 6.13. The predicted octanol–water partition coefficient (Wildman–Crippen LogP) is 5.45. The summed E-state index contributed by atoms with van der Waals surface area (Å²) in [5.74, 6) is 1.35. The molecule has 0 radical (unpaired) electrons. The van der Waals surface area contributed by atoms with Crippen LogP contribution in [0.5, 0.6) is 0 Å². The van der Waals surface area contributed by atoms with Crippen molar-refractivity contribution in [2.75, 3.05) is 27.4 Å². The van der Waals surface area contributed by atoms with Gasteiger partial charge in [0.1, 0.15) is 0 Å². The fraction of sp³-hybridized carbons (Fsp3) is 1.00. The molecule has 2 nitrogen and oxygen atoms in total. The third kappa shape index (κ3) is 10.7. The van der Waals surface area contributed by atoms with Crippen molar-refractivity contribution in [3.63, 3.8) is 0 Å². The van der Waals surface area contributed by atoms with E-state index in [0.717, 1.165) is 13.2 Å². The fourth-order valence-electron chi connectivity index (χ4n) is 2.99. The first kappa shape index (κ1) is 19.9. The van der Waals surface area contributed by atoms with E-state index >= 15 is 0 Å². The molecule has 0 heterocycles. The van der Waals surface area contributed by atoms with Crippen LogP contribution in [0.3, 0.4) is 0 Å².